The summed E-state index contributed by atoms with van der Waals surface area (Å²) in [6, 6.07) is 78.7. The van der Waals surface area contributed by atoms with Crippen LogP contribution in [0.4, 0.5) is 34.1 Å². The van der Waals surface area contributed by atoms with Crippen LogP contribution in [0.3, 0.4) is 0 Å². The van der Waals surface area contributed by atoms with Gasteiger partial charge in [0.1, 0.15) is 0 Å². The summed E-state index contributed by atoms with van der Waals surface area (Å²) in [6.45, 7) is 23.0. The summed E-state index contributed by atoms with van der Waals surface area (Å²) in [5.41, 5.74) is 22.7. The van der Waals surface area contributed by atoms with E-state index in [4.69, 9.17) is 0 Å². The molecule has 0 radical (unpaired) electrons. The average Bonchev–Trinajstić information content (AvgIpc) is 2.41. The van der Waals surface area contributed by atoms with Crippen LogP contribution in [0.1, 0.15) is 166 Å². The summed E-state index contributed by atoms with van der Waals surface area (Å²) < 4.78 is 0. The maximum atomic E-state index is 2.45. The molecule has 0 aromatic heterocycles. The molecule has 0 aliphatic heterocycles. The van der Waals surface area contributed by atoms with Crippen LogP contribution in [0, 0.1) is 13.8 Å². The molecule has 84 heavy (non-hydrogen) atoms. The highest BCUT2D eigenvalue weighted by Crippen LogP contribution is 2.44. The third kappa shape index (κ3) is 14.1. The number of hydrogen-bond acceptors (Lipinski definition) is 2. The SMILES string of the molecule is CCCCCCCCc1cccc(N(c2ccc(-c3ccc4c(-c5c(C)ccc6cc(-c7ccc(N(c8cccc(CCCCCCCC)c8)c8cccc(C(C)(C)C)c8)cc7)ccc56)c(C)ccc4c3)cc2)c2cccc(C(C)(C)C)c2)c1. The van der Waals surface area contributed by atoms with Crippen molar-refractivity contribution in [3.63, 3.8) is 0 Å². The Bertz CT molecular complexity index is 3550. The summed E-state index contributed by atoms with van der Waals surface area (Å²) in [6.07, 6.45) is 17.9. The van der Waals surface area contributed by atoms with Crippen molar-refractivity contribution >= 4 is 55.7 Å². The van der Waals surface area contributed by atoms with Gasteiger partial charge in [-0.25, -0.2) is 0 Å². The molecule has 0 spiro atoms. The fourth-order valence-corrected chi connectivity index (χ4v) is 12.5. The van der Waals surface area contributed by atoms with Crippen LogP contribution in [0.25, 0.3) is 54.9 Å². The maximum absolute atomic E-state index is 2.45. The number of unbranched alkanes of at least 4 members (excludes halogenated alkanes) is 10. The van der Waals surface area contributed by atoms with Crippen molar-refractivity contribution in [3.05, 3.63) is 240 Å². The van der Waals surface area contributed by atoms with Crippen LogP contribution in [-0.2, 0) is 23.7 Å². The predicted octanol–water partition coefficient (Wildman–Crippen LogP) is 25.0. The second-order valence-electron chi connectivity index (χ2n) is 26.1. The molecule has 10 aromatic rings. The number of hydrogen-bond donors (Lipinski definition) is 0. The molecule has 430 valence electrons. The van der Waals surface area contributed by atoms with E-state index in [0.29, 0.717) is 0 Å². The quantitative estimate of drug-likeness (QED) is 0.0589. The van der Waals surface area contributed by atoms with Gasteiger partial charge in [0, 0.05) is 34.1 Å². The lowest BCUT2D eigenvalue weighted by Crippen LogP contribution is -2.14. The zero-order valence-corrected chi connectivity index (χ0v) is 52.4. The van der Waals surface area contributed by atoms with Crippen LogP contribution >= 0.6 is 0 Å². The summed E-state index contributed by atoms with van der Waals surface area (Å²) in [5, 5.41) is 5.05. The second-order valence-corrected chi connectivity index (χ2v) is 26.1. The van der Waals surface area contributed by atoms with Gasteiger partial charge in [-0.05, 0) is 224 Å². The smallest absolute Gasteiger partial charge is 0.0464 e. The van der Waals surface area contributed by atoms with E-state index in [9.17, 15) is 0 Å². The van der Waals surface area contributed by atoms with E-state index in [2.05, 4.69) is 285 Å². The molecular formula is C82H92N2. The van der Waals surface area contributed by atoms with E-state index in [1.807, 2.05) is 0 Å². The Kier molecular flexibility index (Phi) is 19.1. The lowest BCUT2D eigenvalue weighted by molar-refractivity contribution is 0.590. The van der Waals surface area contributed by atoms with Crippen molar-refractivity contribution in [2.24, 2.45) is 0 Å². The minimum absolute atomic E-state index is 0.0367. The minimum atomic E-state index is 0.0367. The van der Waals surface area contributed by atoms with Gasteiger partial charge in [-0.3, -0.25) is 0 Å². The van der Waals surface area contributed by atoms with Gasteiger partial charge >= 0.3 is 0 Å². The lowest BCUT2D eigenvalue weighted by Gasteiger charge is -2.28. The molecule has 0 aliphatic carbocycles. The molecule has 2 nitrogen and oxygen atoms in total. The summed E-state index contributed by atoms with van der Waals surface area (Å²) in [5.74, 6) is 0. The maximum Gasteiger partial charge on any atom is 0.0464 e. The molecule has 0 saturated heterocycles. The average molecular weight is 1110 g/mol. The largest absolute Gasteiger partial charge is 0.310 e. The zero-order valence-electron chi connectivity index (χ0n) is 52.4. The first-order valence-electron chi connectivity index (χ1n) is 31.9. The monoisotopic (exact) mass is 1100 g/mol. The van der Waals surface area contributed by atoms with Crippen molar-refractivity contribution in [3.8, 4) is 33.4 Å². The van der Waals surface area contributed by atoms with Gasteiger partial charge < -0.3 is 9.80 Å². The van der Waals surface area contributed by atoms with E-state index in [-0.39, 0.29) is 10.8 Å². The lowest BCUT2D eigenvalue weighted by atomic mass is 9.86. The molecule has 0 aliphatic rings. The summed E-state index contributed by atoms with van der Waals surface area (Å²) in [4.78, 5) is 4.90. The topological polar surface area (TPSA) is 6.48 Å². The third-order valence-corrected chi connectivity index (χ3v) is 17.5. The summed E-state index contributed by atoms with van der Waals surface area (Å²) in [7, 11) is 0. The standard InChI is InChI=1S/C82H92N2/c1-11-13-15-17-19-21-27-61-29-23-33-73(53-61)83(75-35-25-31-69(57-75)81(5,6)7)71-47-41-63(42-48-71)65-45-51-77-67(55-65)39-37-59(3)79(77)80-60(4)38-40-68-56-66(46-52-78(68)80)64-43-49-72(50-44-64)84(76-36-26-32-70(58-76)82(8,9)10)74-34-24-30-62(54-74)28-22-20-18-16-14-12-2/h23-26,29-58H,11-22,27-28H2,1-10H3. The molecule has 0 atom stereocenters. The Labute approximate surface area is 505 Å². The van der Waals surface area contributed by atoms with Crippen LogP contribution in [0.15, 0.2) is 206 Å². The van der Waals surface area contributed by atoms with E-state index >= 15 is 0 Å². The van der Waals surface area contributed by atoms with Gasteiger partial charge in [0.2, 0.25) is 0 Å². The van der Waals surface area contributed by atoms with Crippen molar-refractivity contribution < 1.29 is 0 Å². The Balaban J connectivity index is 0.929. The first kappa shape index (κ1) is 59.5. The number of anilines is 6. The molecule has 10 rings (SSSR count). The first-order valence-corrected chi connectivity index (χ1v) is 31.9. The van der Waals surface area contributed by atoms with E-state index in [1.54, 1.807) is 0 Å². The Hall–Kier alpha value is -7.68. The normalized spacial score (nSPS) is 11.9. The highest BCUT2D eigenvalue weighted by atomic mass is 15.1. The number of benzene rings is 10. The molecular weight excluding hydrogens is 1010 g/mol. The van der Waals surface area contributed by atoms with Crippen LogP contribution in [0.5, 0.6) is 0 Å². The predicted molar refractivity (Wildman–Crippen MR) is 368 cm³/mol. The Morgan fingerprint density at radius 2 is 0.643 bits per heavy atom. The number of nitrogens with zero attached hydrogens (tertiary/aromatic N) is 2. The van der Waals surface area contributed by atoms with Gasteiger partial charge in [0.25, 0.3) is 0 Å². The molecule has 2 heteroatoms. The van der Waals surface area contributed by atoms with E-state index < -0.39 is 0 Å². The van der Waals surface area contributed by atoms with Crippen molar-refractivity contribution in [2.45, 2.75) is 170 Å². The molecule has 0 heterocycles. The molecule has 0 N–H and O–H groups in total. The zero-order chi connectivity index (χ0) is 58.8. The first-order chi connectivity index (χ1) is 40.7. The van der Waals surface area contributed by atoms with E-state index in [1.165, 1.54) is 188 Å². The van der Waals surface area contributed by atoms with Gasteiger partial charge in [-0.2, -0.15) is 0 Å². The highest BCUT2D eigenvalue weighted by Gasteiger charge is 2.22. The Morgan fingerprint density at radius 3 is 1.02 bits per heavy atom. The van der Waals surface area contributed by atoms with Crippen LogP contribution < -0.4 is 9.80 Å². The number of fused-ring (bicyclic) bond motifs is 2. The molecule has 0 unspecified atom stereocenters. The fraction of sp³-hybridized carbons (Fsp3) is 0.317. The molecule has 0 fully saturated rings. The summed E-state index contributed by atoms with van der Waals surface area (Å²) >= 11 is 0. The van der Waals surface area contributed by atoms with Gasteiger partial charge in [-0.1, -0.05) is 241 Å². The minimum Gasteiger partial charge on any atom is -0.310 e. The number of rotatable bonds is 23. The molecule has 0 saturated carbocycles. The molecule has 0 amide bonds. The van der Waals surface area contributed by atoms with E-state index in [0.717, 1.165) is 24.2 Å². The number of aryl methyl sites for hydroxylation is 4. The van der Waals surface area contributed by atoms with Crippen LogP contribution in [-0.4, -0.2) is 0 Å². The molecule has 10 aromatic carbocycles. The van der Waals surface area contributed by atoms with Crippen molar-refractivity contribution in [1.29, 1.82) is 0 Å². The Morgan fingerprint density at radius 1 is 0.298 bits per heavy atom. The van der Waals surface area contributed by atoms with Gasteiger partial charge in [0.15, 0.2) is 0 Å². The fourth-order valence-electron chi connectivity index (χ4n) is 12.5. The van der Waals surface area contributed by atoms with Crippen molar-refractivity contribution in [2.75, 3.05) is 9.80 Å². The van der Waals surface area contributed by atoms with Gasteiger partial charge in [-0.15, -0.1) is 0 Å². The van der Waals surface area contributed by atoms with Gasteiger partial charge in [0.05, 0.1) is 0 Å². The second kappa shape index (κ2) is 26.9. The van der Waals surface area contributed by atoms with Crippen molar-refractivity contribution in [1.82, 2.24) is 0 Å². The molecule has 0 bridgehead atoms. The third-order valence-electron chi connectivity index (χ3n) is 17.5. The van der Waals surface area contributed by atoms with Crippen LogP contribution in [0.2, 0.25) is 0 Å². The highest BCUT2D eigenvalue weighted by molar-refractivity contribution is 6.09.